The molecule has 0 aliphatic heterocycles. The zero-order valence-electron chi connectivity index (χ0n) is 44.7. The number of fused-ring (bicyclic) bond motifs is 2. The van der Waals surface area contributed by atoms with Crippen LogP contribution in [0.4, 0.5) is 34.1 Å². The van der Waals surface area contributed by atoms with Gasteiger partial charge in [0.15, 0.2) is 0 Å². The first-order chi connectivity index (χ1) is 32.3. The second kappa shape index (κ2) is 17.2. The van der Waals surface area contributed by atoms with Crippen molar-refractivity contribution in [2.24, 2.45) is 0 Å². The normalized spacial score (nSPS) is 16.9. The van der Waals surface area contributed by atoms with E-state index in [9.17, 15) is 0 Å². The van der Waals surface area contributed by atoms with Gasteiger partial charge in [-0.25, -0.2) is 0 Å². The predicted molar refractivity (Wildman–Crippen MR) is 299 cm³/mol. The fourth-order valence-electron chi connectivity index (χ4n) is 11.4. The predicted octanol–water partition coefficient (Wildman–Crippen LogP) is 19.6. The van der Waals surface area contributed by atoms with Gasteiger partial charge >= 0.3 is 0 Å². The van der Waals surface area contributed by atoms with Crippen LogP contribution in [-0.4, -0.2) is 0 Å². The Labute approximate surface area is 416 Å². The molecular formula is C67H78N2. The first-order valence-corrected chi connectivity index (χ1v) is 25.8. The van der Waals surface area contributed by atoms with Gasteiger partial charge in [0.1, 0.15) is 0 Å². The van der Waals surface area contributed by atoms with Gasteiger partial charge in [0.05, 0.1) is 11.4 Å². The van der Waals surface area contributed by atoms with E-state index in [-0.39, 0.29) is 32.5 Å². The quantitative estimate of drug-likeness (QED) is 0.150. The minimum Gasteiger partial charge on any atom is -0.310 e. The Morgan fingerprint density at radius 3 is 1.04 bits per heavy atom. The van der Waals surface area contributed by atoms with Crippen LogP contribution < -0.4 is 9.80 Å². The van der Waals surface area contributed by atoms with E-state index in [1.165, 1.54) is 96.8 Å². The summed E-state index contributed by atoms with van der Waals surface area (Å²) in [6.07, 6.45) is 4.67. The summed E-state index contributed by atoms with van der Waals surface area (Å²) in [7, 11) is 0. The summed E-state index contributed by atoms with van der Waals surface area (Å²) < 4.78 is 0. The number of nitrogens with zero attached hydrogens (tertiary/aromatic N) is 2. The van der Waals surface area contributed by atoms with Crippen molar-refractivity contribution < 1.29 is 0 Å². The van der Waals surface area contributed by atoms with Crippen molar-refractivity contribution >= 4 is 34.1 Å². The summed E-state index contributed by atoms with van der Waals surface area (Å²) in [5, 5.41) is 0. The minimum absolute atomic E-state index is 0.0248. The molecule has 356 valence electrons. The van der Waals surface area contributed by atoms with E-state index in [0.717, 1.165) is 24.2 Å². The van der Waals surface area contributed by atoms with Crippen LogP contribution in [0.3, 0.4) is 0 Å². The van der Waals surface area contributed by atoms with Crippen molar-refractivity contribution in [3.05, 3.63) is 191 Å². The Hall–Kier alpha value is -5.86. The number of anilines is 6. The highest BCUT2D eigenvalue weighted by molar-refractivity contribution is 5.93. The lowest BCUT2D eigenvalue weighted by Gasteiger charge is -2.43. The number of hydrogen-bond acceptors (Lipinski definition) is 2. The molecule has 2 aliphatic carbocycles. The molecule has 2 aliphatic rings. The van der Waals surface area contributed by atoms with Gasteiger partial charge in [-0.1, -0.05) is 182 Å². The highest BCUT2D eigenvalue weighted by Crippen LogP contribution is 2.53. The molecule has 2 heteroatoms. The molecule has 69 heavy (non-hydrogen) atoms. The first-order valence-electron chi connectivity index (χ1n) is 25.8. The number of hydrogen-bond donors (Lipinski definition) is 0. The van der Waals surface area contributed by atoms with E-state index in [1.807, 2.05) is 0 Å². The van der Waals surface area contributed by atoms with Gasteiger partial charge in [0.25, 0.3) is 0 Å². The fourth-order valence-corrected chi connectivity index (χ4v) is 11.4. The molecule has 7 aromatic carbocycles. The average Bonchev–Trinajstić information content (AvgIpc) is 3.30. The first kappa shape index (κ1) is 48.2. The van der Waals surface area contributed by atoms with Gasteiger partial charge < -0.3 is 9.80 Å². The van der Waals surface area contributed by atoms with Gasteiger partial charge in [-0.05, 0) is 182 Å². The van der Waals surface area contributed by atoms with Crippen molar-refractivity contribution in [3.63, 3.8) is 0 Å². The van der Waals surface area contributed by atoms with Crippen molar-refractivity contribution in [2.45, 2.75) is 162 Å². The van der Waals surface area contributed by atoms with E-state index in [2.05, 4.69) is 265 Å². The maximum atomic E-state index is 2.57. The summed E-state index contributed by atoms with van der Waals surface area (Å²) in [5.41, 5.74) is 21.8. The second-order valence-corrected chi connectivity index (χ2v) is 25.4. The van der Waals surface area contributed by atoms with Crippen LogP contribution in [-0.2, 0) is 32.5 Å². The minimum atomic E-state index is -0.0248. The standard InChI is InChI=1S/C67H78N2/c1-45-38-52(68(50-28-30-56-58(43-50)66(12,13)36-34-64(56,8)9)60-32-26-48(62(2,3)4)40-54(60)46-22-18-16-19-23-46)42-53(39-45)69(51-29-31-57-59(44-51)67(14,15)37-35-65(57,10)11)61-33-27-49(63(5,6)7)41-55(61)47-24-20-17-21-25-47/h16-33,38-44H,34-37H2,1-15H3. The second-order valence-electron chi connectivity index (χ2n) is 25.4. The van der Waals surface area contributed by atoms with Crippen molar-refractivity contribution in [2.75, 3.05) is 9.80 Å². The molecule has 0 radical (unpaired) electrons. The topological polar surface area (TPSA) is 6.48 Å². The molecule has 0 saturated carbocycles. The van der Waals surface area contributed by atoms with E-state index in [0.29, 0.717) is 0 Å². The molecule has 0 unspecified atom stereocenters. The van der Waals surface area contributed by atoms with Crippen molar-refractivity contribution in [1.82, 2.24) is 0 Å². The van der Waals surface area contributed by atoms with Crippen molar-refractivity contribution in [1.29, 1.82) is 0 Å². The molecule has 0 atom stereocenters. The molecule has 0 spiro atoms. The molecule has 2 nitrogen and oxygen atoms in total. The third kappa shape index (κ3) is 9.22. The fraction of sp³-hybridized carbons (Fsp3) is 0.373. The lowest BCUT2D eigenvalue weighted by molar-refractivity contribution is 0.332. The van der Waals surface area contributed by atoms with E-state index < -0.39 is 0 Å². The Bertz CT molecular complexity index is 2820. The maximum absolute atomic E-state index is 2.57. The number of aryl methyl sites for hydroxylation is 1. The molecule has 9 rings (SSSR count). The molecular weight excluding hydrogens is 833 g/mol. The zero-order valence-corrected chi connectivity index (χ0v) is 44.7. The van der Waals surface area contributed by atoms with Crippen LogP contribution in [0.15, 0.2) is 152 Å². The molecule has 7 aromatic rings. The van der Waals surface area contributed by atoms with Gasteiger partial charge in [-0.15, -0.1) is 0 Å². The van der Waals surface area contributed by atoms with Gasteiger partial charge in [-0.2, -0.15) is 0 Å². The lowest BCUT2D eigenvalue weighted by atomic mass is 9.63. The zero-order chi connectivity index (χ0) is 49.5. The molecule has 0 N–H and O–H groups in total. The highest BCUT2D eigenvalue weighted by atomic mass is 15.2. The van der Waals surface area contributed by atoms with Crippen LogP contribution in [0.1, 0.15) is 162 Å². The summed E-state index contributed by atoms with van der Waals surface area (Å²) in [4.78, 5) is 5.14. The Morgan fingerprint density at radius 2 is 0.696 bits per heavy atom. The molecule has 0 fully saturated rings. The molecule has 0 bridgehead atoms. The van der Waals surface area contributed by atoms with Crippen LogP contribution >= 0.6 is 0 Å². The summed E-state index contributed by atoms with van der Waals surface area (Å²) in [6, 6.07) is 58.5. The largest absolute Gasteiger partial charge is 0.310 e. The van der Waals surface area contributed by atoms with E-state index >= 15 is 0 Å². The van der Waals surface area contributed by atoms with Crippen molar-refractivity contribution in [3.8, 4) is 22.3 Å². The molecule has 0 heterocycles. The van der Waals surface area contributed by atoms with Gasteiger partial charge in [0, 0.05) is 33.9 Å². The monoisotopic (exact) mass is 911 g/mol. The van der Waals surface area contributed by atoms with Gasteiger partial charge in [-0.3, -0.25) is 0 Å². The number of rotatable bonds is 8. The maximum Gasteiger partial charge on any atom is 0.0540 e. The summed E-state index contributed by atoms with van der Waals surface area (Å²) >= 11 is 0. The Morgan fingerprint density at radius 1 is 0.348 bits per heavy atom. The van der Waals surface area contributed by atoms with Crippen LogP contribution in [0.25, 0.3) is 22.3 Å². The van der Waals surface area contributed by atoms with E-state index in [4.69, 9.17) is 0 Å². The third-order valence-electron chi connectivity index (χ3n) is 16.1. The van der Waals surface area contributed by atoms with Crippen LogP contribution in [0.5, 0.6) is 0 Å². The summed E-state index contributed by atoms with van der Waals surface area (Å²) in [5.74, 6) is 0. The molecule has 0 aromatic heterocycles. The molecule has 0 saturated heterocycles. The summed E-state index contributed by atoms with van der Waals surface area (Å²) in [6.45, 7) is 35.7. The third-order valence-corrected chi connectivity index (χ3v) is 16.1. The Balaban J connectivity index is 1.36. The number of benzene rings is 7. The van der Waals surface area contributed by atoms with Crippen LogP contribution in [0.2, 0.25) is 0 Å². The smallest absolute Gasteiger partial charge is 0.0540 e. The van der Waals surface area contributed by atoms with Gasteiger partial charge in [0.2, 0.25) is 0 Å². The molecule has 0 amide bonds. The van der Waals surface area contributed by atoms with E-state index in [1.54, 1.807) is 0 Å². The Kier molecular flexibility index (Phi) is 12.0. The van der Waals surface area contributed by atoms with Crippen LogP contribution in [0, 0.1) is 6.92 Å². The SMILES string of the molecule is Cc1cc(N(c2ccc3c(c2)C(C)(C)CCC3(C)C)c2ccc(C(C)(C)C)cc2-c2ccccc2)cc(N(c2ccc3c(c2)C(C)(C)CCC3(C)C)c2ccc(C(C)(C)C)cc2-c2ccccc2)c1. The average molecular weight is 911 g/mol. The lowest BCUT2D eigenvalue weighted by Crippen LogP contribution is -2.34. The highest BCUT2D eigenvalue weighted by Gasteiger charge is 2.39.